The van der Waals surface area contributed by atoms with Crippen molar-refractivity contribution in [3.8, 4) is 101 Å². The molecule has 6 heterocycles. The number of aromatic nitrogens is 7. The van der Waals surface area contributed by atoms with Gasteiger partial charge in [-0.05, 0) is 211 Å². The molecule has 12 aromatic carbocycles. The molecular formula is C95H65N7S2. The van der Waals surface area contributed by atoms with Gasteiger partial charge in [-0.2, -0.15) is 0 Å². The monoisotopic (exact) mass is 1370 g/mol. The van der Waals surface area contributed by atoms with Gasteiger partial charge in [0, 0.05) is 66.1 Å². The molecule has 1 atom stereocenters. The first-order valence-corrected chi connectivity index (χ1v) is 37.2. The smallest absolute Gasteiger partial charge is 0.163 e. The maximum absolute atomic E-state index is 5.46. The van der Waals surface area contributed by atoms with Gasteiger partial charge in [-0.25, -0.2) is 24.9 Å². The van der Waals surface area contributed by atoms with Crippen LogP contribution >= 0.6 is 23.5 Å². The first kappa shape index (κ1) is 61.8. The van der Waals surface area contributed by atoms with Crippen molar-refractivity contribution < 1.29 is 0 Å². The third kappa shape index (κ3) is 9.36. The highest BCUT2D eigenvalue weighted by Gasteiger charge is 2.53. The van der Waals surface area contributed by atoms with E-state index < -0.39 is 10.8 Å². The lowest BCUT2D eigenvalue weighted by Gasteiger charge is -2.40. The summed E-state index contributed by atoms with van der Waals surface area (Å²) in [7, 11) is 0. The maximum atomic E-state index is 5.46. The van der Waals surface area contributed by atoms with Crippen LogP contribution in [0.5, 0.6) is 0 Å². The van der Waals surface area contributed by atoms with Crippen LogP contribution < -0.4 is 0 Å². The number of hydrogen-bond acceptors (Lipinski definition) is 9. The van der Waals surface area contributed by atoms with Crippen LogP contribution in [0.1, 0.15) is 84.1 Å². The van der Waals surface area contributed by atoms with Crippen molar-refractivity contribution in [3.05, 3.63) is 376 Å². The zero-order valence-corrected chi connectivity index (χ0v) is 59.5. The molecule has 4 aromatic heterocycles. The second kappa shape index (κ2) is 24.1. The number of hydrogen-bond donors (Lipinski definition) is 0. The van der Waals surface area contributed by atoms with E-state index in [1.165, 1.54) is 114 Å². The molecule has 0 amide bonds. The average molecular weight is 1370 g/mol. The third-order valence-electron chi connectivity index (χ3n) is 22.0. The molecule has 2 aliphatic carbocycles. The second-order valence-electron chi connectivity index (χ2n) is 27.9. The van der Waals surface area contributed by atoms with Crippen molar-refractivity contribution >= 4 is 34.3 Å². The van der Waals surface area contributed by atoms with Crippen LogP contribution in [0.25, 0.3) is 112 Å². The number of pyridine rings is 2. The zero-order chi connectivity index (χ0) is 69.5. The normalized spacial score (nSPS) is 14.5. The summed E-state index contributed by atoms with van der Waals surface area (Å²) in [5.41, 5.74) is 31.9. The van der Waals surface area contributed by atoms with E-state index in [1.54, 1.807) is 0 Å². The van der Waals surface area contributed by atoms with E-state index in [-0.39, 0.29) is 0 Å². The Morgan fingerprint density at radius 2 is 0.856 bits per heavy atom. The van der Waals surface area contributed by atoms with E-state index in [0.29, 0.717) is 29.7 Å². The molecular weight excluding hydrogens is 1300 g/mol. The van der Waals surface area contributed by atoms with Gasteiger partial charge < -0.3 is 0 Å². The number of aryl methyl sites for hydroxylation is 5. The Balaban J connectivity index is 0.688. The summed E-state index contributed by atoms with van der Waals surface area (Å²) in [4.78, 5) is 40.6. The molecule has 0 saturated carbocycles. The Hall–Kier alpha value is -12.0. The minimum Gasteiger partial charge on any atom is -0.264 e. The van der Waals surface area contributed by atoms with Gasteiger partial charge in [0.25, 0.3) is 0 Å². The fraction of sp³-hybridized carbons (Fsp3) is 0.0842. The molecule has 104 heavy (non-hydrogen) atoms. The molecule has 20 rings (SSSR count). The fourth-order valence-corrected chi connectivity index (χ4v) is 20.3. The molecule has 0 saturated heterocycles. The standard InChI is InChI=1S/C95H65N7S2/c1-55-53-97-82(51-73(55)68-29-18-38-79-89(68)90-71(92-100-58(4)99-59(5)101-92)31-20-39-80(90)95(79)75-34-10-13-41-84(75)103-85-42-14-11-35-76(85)95)64-25-16-22-60(49-64)50-65-54-96-52-56(2)87(65)70-30-19-37-78-88(70)69-27-8-9-33-74(69)94(78)77-36-12-15-43-86(77)104-91-72(32-21-40-81(91)94)93-98-57(3)48-83(102-93)63-46-44-62(45-47-63)67-28-17-24-61-23-6-7-26-66(61)67/h6-49,51-54H,50H2,1-5H3. The van der Waals surface area contributed by atoms with Crippen molar-refractivity contribution in [2.75, 3.05) is 0 Å². The predicted octanol–water partition coefficient (Wildman–Crippen LogP) is 23.1. The highest BCUT2D eigenvalue weighted by Crippen LogP contribution is 2.67. The minimum absolute atomic E-state index is 0.617. The largest absolute Gasteiger partial charge is 0.264 e. The Morgan fingerprint density at radius 3 is 1.60 bits per heavy atom. The van der Waals surface area contributed by atoms with Crippen LogP contribution in [-0.4, -0.2) is 34.9 Å². The molecule has 7 nitrogen and oxygen atoms in total. The van der Waals surface area contributed by atoms with Crippen LogP contribution in [0.4, 0.5) is 0 Å². The highest BCUT2D eigenvalue weighted by atomic mass is 32.2. The van der Waals surface area contributed by atoms with Gasteiger partial charge in [-0.1, -0.05) is 260 Å². The lowest BCUT2D eigenvalue weighted by molar-refractivity contribution is 0.722. The van der Waals surface area contributed by atoms with Gasteiger partial charge in [0.15, 0.2) is 11.6 Å². The first-order chi connectivity index (χ1) is 51.1. The van der Waals surface area contributed by atoms with Gasteiger partial charge in [0.1, 0.15) is 11.6 Å². The van der Waals surface area contributed by atoms with E-state index in [2.05, 4.69) is 311 Å². The van der Waals surface area contributed by atoms with Crippen LogP contribution in [-0.2, 0) is 17.3 Å². The lowest BCUT2D eigenvalue weighted by Crippen LogP contribution is -2.32. The number of fused-ring (bicyclic) bond motifs is 19. The van der Waals surface area contributed by atoms with Gasteiger partial charge in [-0.3, -0.25) is 9.97 Å². The molecule has 9 heteroatoms. The third-order valence-corrected chi connectivity index (χ3v) is 24.3. The molecule has 0 fully saturated rings. The van der Waals surface area contributed by atoms with Crippen molar-refractivity contribution in [2.45, 2.75) is 71.5 Å². The van der Waals surface area contributed by atoms with E-state index in [4.69, 9.17) is 29.9 Å². The molecule has 492 valence electrons. The Bertz CT molecular complexity index is 6240. The SMILES string of the molecule is Cc1cc(-c2ccc(-c3cccc4ccccc34)cc2)nc(-c2cccc3c2Sc2ccccc2C32c3ccccc3-c3c(-c4c(C)cncc4Cc4cccc(-c5cc(-c6cccc7c6-c6c(-c8nc(C)nc(C)n8)cccc6C76c7ccccc7Sc7ccccc76)c(C)cn5)c4)cccc32)n1. The van der Waals surface area contributed by atoms with E-state index in [0.717, 1.165) is 77.6 Å². The summed E-state index contributed by atoms with van der Waals surface area (Å²) in [6.07, 6.45) is 6.83. The van der Waals surface area contributed by atoms with Crippen LogP contribution in [0, 0.1) is 34.6 Å². The summed E-state index contributed by atoms with van der Waals surface area (Å²) in [5, 5.41) is 2.47. The topological polar surface area (TPSA) is 90.2 Å². The molecule has 2 aliphatic heterocycles. The number of rotatable bonds is 9. The Labute approximate surface area is 613 Å². The summed E-state index contributed by atoms with van der Waals surface area (Å²) >= 11 is 3.69. The molecule has 16 aromatic rings. The number of benzene rings is 12. The molecule has 0 bridgehead atoms. The Morgan fingerprint density at radius 1 is 0.317 bits per heavy atom. The van der Waals surface area contributed by atoms with Gasteiger partial charge in [0.05, 0.1) is 22.2 Å². The minimum atomic E-state index is -0.667. The summed E-state index contributed by atoms with van der Waals surface area (Å²) in [6.45, 7) is 10.4. The number of nitrogens with zero attached hydrogens (tertiary/aromatic N) is 7. The lowest BCUT2D eigenvalue weighted by atomic mass is 9.67. The molecule has 4 aliphatic rings. The zero-order valence-electron chi connectivity index (χ0n) is 57.9. The van der Waals surface area contributed by atoms with Gasteiger partial charge >= 0.3 is 0 Å². The van der Waals surface area contributed by atoms with Crippen LogP contribution in [0.2, 0.25) is 0 Å². The second-order valence-corrected chi connectivity index (χ2v) is 30.1. The Kier molecular flexibility index (Phi) is 14.3. The van der Waals surface area contributed by atoms with Crippen molar-refractivity contribution in [1.82, 2.24) is 34.9 Å². The summed E-state index contributed by atoms with van der Waals surface area (Å²) in [6, 6.07) is 101. The molecule has 1 unspecified atom stereocenters. The van der Waals surface area contributed by atoms with Gasteiger partial charge in [0.2, 0.25) is 0 Å². The van der Waals surface area contributed by atoms with E-state index in [1.807, 2.05) is 43.6 Å². The van der Waals surface area contributed by atoms with E-state index in [9.17, 15) is 0 Å². The van der Waals surface area contributed by atoms with Crippen LogP contribution in [0.3, 0.4) is 0 Å². The molecule has 2 spiro atoms. The summed E-state index contributed by atoms with van der Waals surface area (Å²) < 4.78 is 0. The van der Waals surface area contributed by atoms with Crippen molar-refractivity contribution in [1.29, 1.82) is 0 Å². The van der Waals surface area contributed by atoms with Crippen molar-refractivity contribution in [2.24, 2.45) is 0 Å². The average Bonchev–Trinajstić information content (AvgIpc) is 1.51. The van der Waals surface area contributed by atoms with Crippen molar-refractivity contribution in [3.63, 3.8) is 0 Å². The maximum Gasteiger partial charge on any atom is 0.163 e. The summed E-state index contributed by atoms with van der Waals surface area (Å²) in [5.74, 6) is 2.77. The predicted molar refractivity (Wildman–Crippen MR) is 422 cm³/mol. The fourth-order valence-electron chi connectivity index (χ4n) is 17.8. The van der Waals surface area contributed by atoms with E-state index >= 15 is 0 Å². The van der Waals surface area contributed by atoms with Crippen LogP contribution in [0.15, 0.2) is 311 Å². The molecule has 0 radical (unpaired) electrons. The first-order valence-electron chi connectivity index (χ1n) is 35.5. The van der Waals surface area contributed by atoms with Gasteiger partial charge in [-0.15, -0.1) is 0 Å². The highest BCUT2D eigenvalue weighted by molar-refractivity contribution is 8.00. The quantitative estimate of drug-likeness (QED) is 0.140. The molecule has 0 N–H and O–H groups in total.